The van der Waals surface area contributed by atoms with E-state index in [4.69, 9.17) is 4.74 Å². The van der Waals surface area contributed by atoms with E-state index in [0.29, 0.717) is 29.8 Å². The topological polar surface area (TPSA) is 84.9 Å². The average Bonchev–Trinajstić information content (AvgIpc) is 3.05. The Morgan fingerprint density at radius 3 is 2.66 bits per heavy atom. The van der Waals surface area contributed by atoms with Crippen LogP contribution in [0.4, 0.5) is 14.5 Å². The van der Waals surface area contributed by atoms with Crippen molar-refractivity contribution in [1.82, 2.24) is 5.32 Å². The number of halogens is 2. The van der Waals surface area contributed by atoms with Gasteiger partial charge in [0, 0.05) is 18.7 Å². The first-order valence-electron chi connectivity index (χ1n) is 8.80. The Kier molecular flexibility index (Phi) is 6.21. The summed E-state index contributed by atoms with van der Waals surface area (Å²) in [5.74, 6) is -0.276. The number of hydrogen-bond acceptors (Lipinski definition) is 5. The number of ether oxygens (including phenoxy) is 2. The molecule has 0 unspecified atom stereocenters. The molecule has 0 aliphatic carbocycles. The minimum Gasteiger partial charge on any atom is -0.493 e. The molecular formula is C19H20F2N2O5S. The van der Waals surface area contributed by atoms with Gasteiger partial charge in [0.2, 0.25) is 10.0 Å². The molecule has 2 aromatic carbocycles. The third-order valence-electron chi connectivity index (χ3n) is 4.39. The quantitative estimate of drug-likeness (QED) is 0.736. The molecule has 29 heavy (non-hydrogen) atoms. The van der Waals surface area contributed by atoms with Gasteiger partial charge in [0.25, 0.3) is 5.91 Å². The van der Waals surface area contributed by atoms with Gasteiger partial charge in [-0.15, -0.1) is 0 Å². The number of alkyl halides is 2. The van der Waals surface area contributed by atoms with Crippen LogP contribution in [0.1, 0.15) is 22.3 Å². The summed E-state index contributed by atoms with van der Waals surface area (Å²) >= 11 is 0. The molecule has 1 amide bonds. The third-order valence-corrected chi connectivity index (χ3v) is 6.26. The average molecular weight is 426 g/mol. The van der Waals surface area contributed by atoms with Gasteiger partial charge in [0.15, 0.2) is 11.5 Å². The van der Waals surface area contributed by atoms with E-state index < -0.39 is 22.5 Å². The highest BCUT2D eigenvalue weighted by Gasteiger charge is 2.28. The number of carbonyl (C=O) groups excluding carboxylic acids is 1. The first-order valence-corrected chi connectivity index (χ1v) is 10.4. The zero-order chi connectivity index (χ0) is 21.0. The molecule has 1 N–H and O–H groups in total. The number of anilines is 1. The molecule has 3 rings (SSSR count). The van der Waals surface area contributed by atoms with Crippen molar-refractivity contribution >= 4 is 21.6 Å². The number of amides is 1. The largest absolute Gasteiger partial charge is 0.493 e. The van der Waals surface area contributed by atoms with Crippen molar-refractivity contribution in [2.24, 2.45) is 0 Å². The van der Waals surface area contributed by atoms with Gasteiger partial charge in [0.1, 0.15) is 0 Å². The van der Waals surface area contributed by atoms with Gasteiger partial charge < -0.3 is 14.8 Å². The van der Waals surface area contributed by atoms with Gasteiger partial charge >= 0.3 is 6.61 Å². The zero-order valence-corrected chi connectivity index (χ0v) is 16.4. The number of benzene rings is 2. The lowest BCUT2D eigenvalue weighted by Crippen LogP contribution is -2.26. The third kappa shape index (κ3) is 4.94. The molecule has 156 valence electrons. The fraction of sp³-hybridized carbons (Fsp3) is 0.316. The first kappa shape index (κ1) is 20.8. The molecule has 0 aromatic heterocycles. The molecule has 0 bridgehead atoms. The number of rotatable bonds is 7. The van der Waals surface area contributed by atoms with Crippen molar-refractivity contribution in [3.63, 3.8) is 0 Å². The number of nitrogens with one attached hydrogen (secondary N) is 1. The predicted molar refractivity (Wildman–Crippen MR) is 103 cm³/mol. The summed E-state index contributed by atoms with van der Waals surface area (Å²) in [5.41, 5.74) is 1.38. The fourth-order valence-electron chi connectivity index (χ4n) is 3.03. The zero-order valence-electron chi connectivity index (χ0n) is 15.6. The summed E-state index contributed by atoms with van der Waals surface area (Å²) in [7, 11) is -2.01. The number of carbonyl (C=O) groups is 1. The van der Waals surface area contributed by atoms with E-state index in [2.05, 4.69) is 10.1 Å². The second kappa shape index (κ2) is 8.64. The van der Waals surface area contributed by atoms with Gasteiger partial charge in [0.05, 0.1) is 18.6 Å². The number of methoxy groups -OCH3 is 1. The van der Waals surface area contributed by atoms with Crippen LogP contribution in [-0.4, -0.2) is 40.3 Å². The molecule has 1 fully saturated rings. The Morgan fingerprint density at radius 2 is 2.00 bits per heavy atom. The van der Waals surface area contributed by atoms with Crippen LogP contribution in [0, 0.1) is 0 Å². The Bertz CT molecular complexity index is 998. The maximum Gasteiger partial charge on any atom is 0.387 e. The van der Waals surface area contributed by atoms with Crippen LogP contribution < -0.4 is 19.1 Å². The monoisotopic (exact) mass is 426 g/mol. The Hall–Kier alpha value is -2.88. The summed E-state index contributed by atoms with van der Waals surface area (Å²) < 4.78 is 59.6. The number of sulfonamides is 1. The molecule has 0 saturated carbocycles. The lowest BCUT2D eigenvalue weighted by molar-refractivity contribution is -0.0512. The van der Waals surface area contributed by atoms with E-state index in [1.807, 2.05) is 0 Å². The second-order valence-corrected chi connectivity index (χ2v) is 8.35. The van der Waals surface area contributed by atoms with E-state index in [1.165, 1.54) is 35.7 Å². The van der Waals surface area contributed by atoms with Gasteiger partial charge in [-0.25, -0.2) is 8.42 Å². The minimum atomic E-state index is -3.34. The summed E-state index contributed by atoms with van der Waals surface area (Å²) in [6, 6.07) is 10.7. The Morgan fingerprint density at radius 1 is 1.21 bits per heavy atom. The van der Waals surface area contributed by atoms with Gasteiger partial charge in [-0.05, 0) is 42.3 Å². The van der Waals surface area contributed by atoms with Crippen LogP contribution in [0.25, 0.3) is 0 Å². The van der Waals surface area contributed by atoms with Gasteiger partial charge in [-0.1, -0.05) is 12.1 Å². The van der Waals surface area contributed by atoms with Crippen molar-refractivity contribution in [1.29, 1.82) is 0 Å². The maximum absolute atomic E-state index is 12.5. The van der Waals surface area contributed by atoms with E-state index in [1.54, 1.807) is 18.2 Å². The van der Waals surface area contributed by atoms with Crippen LogP contribution in [0.15, 0.2) is 42.5 Å². The number of hydrogen-bond donors (Lipinski definition) is 1. The molecule has 0 atom stereocenters. The van der Waals surface area contributed by atoms with Crippen LogP contribution in [0.2, 0.25) is 0 Å². The standard InChI is InChI=1S/C19H20F2N2O5S/c1-27-17-10-13(6-7-16(17)28-19(20)21)12-22-18(24)14-4-2-5-15(11-14)23-8-3-9-29(23,25)26/h2,4-7,10-11,19H,3,8-9,12H2,1H3,(H,22,24). The Balaban J connectivity index is 1.69. The molecule has 0 radical (unpaired) electrons. The second-order valence-electron chi connectivity index (χ2n) is 6.34. The smallest absolute Gasteiger partial charge is 0.387 e. The minimum absolute atomic E-state index is 0.0938. The van der Waals surface area contributed by atoms with Crippen molar-refractivity contribution in [3.05, 3.63) is 53.6 Å². The summed E-state index contributed by atoms with van der Waals surface area (Å²) in [6.07, 6.45) is 0.547. The van der Waals surface area contributed by atoms with E-state index >= 15 is 0 Å². The van der Waals surface area contributed by atoms with E-state index in [-0.39, 0.29) is 23.8 Å². The maximum atomic E-state index is 12.5. The van der Waals surface area contributed by atoms with Crippen LogP contribution in [0.5, 0.6) is 11.5 Å². The number of nitrogens with zero attached hydrogens (tertiary/aromatic N) is 1. The molecular weight excluding hydrogens is 406 g/mol. The van der Waals surface area contributed by atoms with Crippen molar-refractivity contribution in [2.75, 3.05) is 23.7 Å². The Labute approximate surface area is 167 Å². The highest BCUT2D eigenvalue weighted by Crippen LogP contribution is 2.29. The SMILES string of the molecule is COc1cc(CNC(=O)c2cccc(N3CCCS3(=O)=O)c2)ccc1OC(F)F. The molecule has 10 heteroatoms. The predicted octanol–water partition coefficient (Wildman–Crippen LogP) is 2.77. The van der Waals surface area contributed by atoms with Gasteiger partial charge in [-0.2, -0.15) is 8.78 Å². The van der Waals surface area contributed by atoms with E-state index in [9.17, 15) is 22.0 Å². The lowest BCUT2D eigenvalue weighted by Gasteiger charge is -2.17. The summed E-state index contributed by atoms with van der Waals surface area (Å²) in [6.45, 7) is -2.46. The molecule has 1 heterocycles. The highest BCUT2D eigenvalue weighted by molar-refractivity contribution is 7.93. The molecule has 2 aromatic rings. The normalized spacial score (nSPS) is 15.4. The van der Waals surface area contributed by atoms with Crippen LogP contribution in [-0.2, 0) is 16.6 Å². The summed E-state index contributed by atoms with van der Waals surface area (Å²) in [4.78, 5) is 12.5. The first-order chi connectivity index (χ1) is 13.8. The van der Waals surface area contributed by atoms with Crippen molar-refractivity contribution in [2.45, 2.75) is 19.6 Å². The molecule has 1 saturated heterocycles. The highest BCUT2D eigenvalue weighted by atomic mass is 32.2. The van der Waals surface area contributed by atoms with Crippen molar-refractivity contribution in [3.8, 4) is 11.5 Å². The molecule has 1 aliphatic heterocycles. The summed E-state index contributed by atoms with van der Waals surface area (Å²) in [5, 5.41) is 2.71. The van der Waals surface area contributed by atoms with Gasteiger partial charge in [-0.3, -0.25) is 9.10 Å². The lowest BCUT2D eigenvalue weighted by atomic mass is 10.1. The van der Waals surface area contributed by atoms with Crippen LogP contribution >= 0.6 is 0 Å². The fourth-order valence-corrected chi connectivity index (χ4v) is 4.59. The van der Waals surface area contributed by atoms with Crippen molar-refractivity contribution < 1.29 is 31.5 Å². The molecule has 1 aliphatic rings. The van der Waals surface area contributed by atoms with Crippen LogP contribution in [0.3, 0.4) is 0 Å². The molecule has 0 spiro atoms. The molecule has 7 nitrogen and oxygen atoms in total. The van der Waals surface area contributed by atoms with E-state index in [0.717, 1.165) is 0 Å².